The molecule has 0 spiro atoms. The third-order valence-electron chi connectivity index (χ3n) is 3.20. The molecule has 2 atom stereocenters. The molecule has 2 rings (SSSR count). The zero-order valence-corrected chi connectivity index (χ0v) is 10.6. The van der Waals surface area contributed by atoms with E-state index >= 15 is 0 Å². The Morgan fingerprint density at radius 3 is 2.93 bits per heavy atom. The molecule has 0 radical (unpaired) electrons. The summed E-state index contributed by atoms with van der Waals surface area (Å²) in [6.45, 7) is 3.02. The van der Waals surface area contributed by atoms with Crippen molar-refractivity contribution in [2.24, 2.45) is 11.7 Å². The molecule has 15 heavy (non-hydrogen) atoms. The first-order valence-electron chi connectivity index (χ1n) is 5.35. The molecule has 2 nitrogen and oxygen atoms in total. The summed E-state index contributed by atoms with van der Waals surface area (Å²) in [6.07, 6.45) is 0. The molecule has 82 valence electrons. The Hall–Kier alpha value is -0.380. The third-order valence-corrected chi connectivity index (χ3v) is 3.70. The molecule has 1 aromatic carbocycles. The van der Waals surface area contributed by atoms with Gasteiger partial charge in [-0.05, 0) is 37.2 Å². The van der Waals surface area contributed by atoms with Gasteiger partial charge in [-0.2, -0.15) is 0 Å². The van der Waals surface area contributed by atoms with Crippen LogP contribution < -0.4 is 5.73 Å². The van der Waals surface area contributed by atoms with Gasteiger partial charge in [0.15, 0.2) is 0 Å². The van der Waals surface area contributed by atoms with E-state index in [-0.39, 0.29) is 0 Å². The third kappa shape index (κ3) is 2.41. The predicted octanol–water partition coefficient (Wildman–Crippen LogP) is 2.05. The van der Waals surface area contributed by atoms with Crippen LogP contribution in [0.2, 0.25) is 0 Å². The molecule has 1 aliphatic heterocycles. The standard InChI is InChI=1S/C12H17BrN2/c1-15-7-10(6-14)12(8-15)9-3-2-4-11(13)5-9/h2-5,10,12H,6-8,14H2,1H3. The molecule has 0 saturated carbocycles. The van der Waals surface area contributed by atoms with Crippen LogP contribution in [0.3, 0.4) is 0 Å². The number of benzene rings is 1. The number of hydrogen-bond acceptors (Lipinski definition) is 2. The number of hydrogen-bond donors (Lipinski definition) is 1. The summed E-state index contributed by atoms with van der Waals surface area (Å²) in [6, 6.07) is 8.59. The summed E-state index contributed by atoms with van der Waals surface area (Å²) in [5, 5.41) is 0. The molecule has 1 aromatic rings. The molecule has 3 heteroatoms. The Bertz CT molecular complexity index is 340. The lowest BCUT2D eigenvalue weighted by Crippen LogP contribution is -2.21. The molecule has 0 aliphatic carbocycles. The quantitative estimate of drug-likeness (QED) is 0.890. The highest BCUT2D eigenvalue weighted by atomic mass is 79.9. The largest absolute Gasteiger partial charge is 0.330 e. The van der Waals surface area contributed by atoms with E-state index in [0.29, 0.717) is 11.8 Å². The summed E-state index contributed by atoms with van der Waals surface area (Å²) in [5.41, 5.74) is 7.23. The summed E-state index contributed by atoms with van der Waals surface area (Å²) in [7, 11) is 2.17. The fraction of sp³-hybridized carbons (Fsp3) is 0.500. The molecular weight excluding hydrogens is 252 g/mol. The lowest BCUT2D eigenvalue weighted by Gasteiger charge is -2.17. The molecule has 1 heterocycles. The summed E-state index contributed by atoms with van der Waals surface area (Å²) < 4.78 is 1.16. The van der Waals surface area contributed by atoms with Crippen LogP contribution in [0.1, 0.15) is 11.5 Å². The Labute approximate surface area is 99.6 Å². The second-order valence-corrected chi connectivity index (χ2v) is 5.29. The molecule has 1 fully saturated rings. The van der Waals surface area contributed by atoms with Crippen LogP contribution in [0.5, 0.6) is 0 Å². The highest BCUT2D eigenvalue weighted by Gasteiger charge is 2.30. The minimum Gasteiger partial charge on any atom is -0.330 e. The summed E-state index contributed by atoms with van der Waals surface area (Å²) >= 11 is 3.52. The zero-order chi connectivity index (χ0) is 10.8. The maximum Gasteiger partial charge on any atom is 0.0178 e. The fourth-order valence-corrected chi connectivity index (χ4v) is 2.86. The Kier molecular flexibility index (Phi) is 3.44. The van der Waals surface area contributed by atoms with Gasteiger partial charge in [0.05, 0.1) is 0 Å². The highest BCUT2D eigenvalue weighted by Crippen LogP contribution is 2.32. The first-order chi connectivity index (χ1) is 7.20. The van der Waals surface area contributed by atoms with Crippen LogP contribution in [0, 0.1) is 5.92 Å². The lowest BCUT2D eigenvalue weighted by molar-refractivity contribution is 0.397. The van der Waals surface area contributed by atoms with Gasteiger partial charge in [-0.1, -0.05) is 28.1 Å². The highest BCUT2D eigenvalue weighted by molar-refractivity contribution is 9.10. The first-order valence-corrected chi connectivity index (χ1v) is 6.14. The van der Waals surface area contributed by atoms with Crippen molar-refractivity contribution in [2.45, 2.75) is 5.92 Å². The average Bonchev–Trinajstić information content (AvgIpc) is 2.59. The minimum absolute atomic E-state index is 0.595. The van der Waals surface area contributed by atoms with E-state index in [1.807, 2.05) is 0 Å². The first kappa shape index (κ1) is 11.1. The van der Waals surface area contributed by atoms with E-state index in [1.54, 1.807) is 0 Å². The number of nitrogens with two attached hydrogens (primary N) is 1. The molecule has 1 aliphatic rings. The summed E-state index contributed by atoms with van der Waals surface area (Å²) in [4.78, 5) is 2.36. The minimum atomic E-state index is 0.595. The van der Waals surface area contributed by atoms with E-state index in [2.05, 4.69) is 52.1 Å². The smallest absolute Gasteiger partial charge is 0.0178 e. The molecular formula is C12H17BrN2. The molecule has 0 amide bonds. The maximum absolute atomic E-state index is 5.82. The van der Waals surface area contributed by atoms with Crippen LogP contribution in [0.4, 0.5) is 0 Å². The molecule has 2 N–H and O–H groups in total. The number of rotatable bonds is 2. The average molecular weight is 269 g/mol. The Morgan fingerprint density at radius 1 is 1.47 bits per heavy atom. The van der Waals surface area contributed by atoms with Crippen molar-refractivity contribution in [1.82, 2.24) is 4.90 Å². The molecule has 0 bridgehead atoms. The van der Waals surface area contributed by atoms with Gasteiger partial charge in [-0.25, -0.2) is 0 Å². The van der Waals surface area contributed by atoms with Gasteiger partial charge in [0, 0.05) is 23.5 Å². The summed E-state index contributed by atoms with van der Waals surface area (Å²) in [5.74, 6) is 1.20. The van der Waals surface area contributed by atoms with Crippen molar-refractivity contribution < 1.29 is 0 Å². The van der Waals surface area contributed by atoms with Crippen LogP contribution in [-0.4, -0.2) is 31.6 Å². The number of likely N-dealkylation sites (tertiary alicyclic amines) is 1. The van der Waals surface area contributed by atoms with Crippen molar-refractivity contribution in [1.29, 1.82) is 0 Å². The van der Waals surface area contributed by atoms with Crippen LogP contribution >= 0.6 is 15.9 Å². The topological polar surface area (TPSA) is 29.3 Å². The lowest BCUT2D eigenvalue weighted by atomic mass is 9.89. The monoisotopic (exact) mass is 268 g/mol. The van der Waals surface area contributed by atoms with E-state index in [1.165, 1.54) is 5.56 Å². The van der Waals surface area contributed by atoms with E-state index in [9.17, 15) is 0 Å². The van der Waals surface area contributed by atoms with Gasteiger partial charge in [0.1, 0.15) is 0 Å². The van der Waals surface area contributed by atoms with Crippen LogP contribution in [0.25, 0.3) is 0 Å². The predicted molar refractivity (Wildman–Crippen MR) is 66.9 cm³/mol. The maximum atomic E-state index is 5.82. The van der Waals surface area contributed by atoms with Crippen molar-refractivity contribution >= 4 is 15.9 Å². The molecule has 1 saturated heterocycles. The zero-order valence-electron chi connectivity index (χ0n) is 8.99. The van der Waals surface area contributed by atoms with Gasteiger partial charge in [-0.15, -0.1) is 0 Å². The number of nitrogens with zero attached hydrogens (tertiary/aromatic N) is 1. The van der Waals surface area contributed by atoms with Crippen molar-refractivity contribution in [3.63, 3.8) is 0 Å². The van der Waals surface area contributed by atoms with Crippen LogP contribution in [-0.2, 0) is 0 Å². The van der Waals surface area contributed by atoms with Gasteiger partial charge in [0.25, 0.3) is 0 Å². The Morgan fingerprint density at radius 2 is 2.27 bits per heavy atom. The second kappa shape index (κ2) is 4.64. The van der Waals surface area contributed by atoms with Crippen molar-refractivity contribution in [3.8, 4) is 0 Å². The van der Waals surface area contributed by atoms with Crippen LogP contribution in [0.15, 0.2) is 28.7 Å². The molecule has 2 unspecified atom stereocenters. The van der Waals surface area contributed by atoms with Crippen molar-refractivity contribution in [2.75, 3.05) is 26.7 Å². The normalized spacial score (nSPS) is 27.1. The second-order valence-electron chi connectivity index (χ2n) is 4.38. The molecule has 0 aromatic heterocycles. The van der Waals surface area contributed by atoms with Gasteiger partial charge in [-0.3, -0.25) is 0 Å². The number of halogens is 1. The van der Waals surface area contributed by atoms with E-state index < -0.39 is 0 Å². The van der Waals surface area contributed by atoms with Gasteiger partial charge in [0.2, 0.25) is 0 Å². The SMILES string of the molecule is CN1CC(CN)C(c2cccc(Br)c2)C1. The number of likely N-dealkylation sites (N-methyl/N-ethyl adjacent to an activating group) is 1. The van der Waals surface area contributed by atoms with Crippen molar-refractivity contribution in [3.05, 3.63) is 34.3 Å². The van der Waals surface area contributed by atoms with Gasteiger partial charge < -0.3 is 10.6 Å². The van der Waals surface area contributed by atoms with E-state index in [4.69, 9.17) is 5.73 Å². The fourth-order valence-electron chi connectivity index (χ4n) is 2.44. The Balaban J connectivity index is 2.22. The van der Waals surface area contributed by atoms with Gasteiger partial charge >= 0.3 is 0 Å². The van der Waals surface area contributed by atoms with E-state index in [0.717, 1.165) is 24.1 Å².